The van der Waals surface area contributed by atoms with E-state index in [9.17, 15) is 4.79 Å². The van der Waals surface area contributed by atoms with Gasteiger partial charge in [0.15, 0.2) is 0 Å². The number of carbonyl (C=O) groups is 1. The van der Waals surface area contributed by atoms with Gasteiger partial charge < -0.3 is 9.47 Å². The summed E-state index contributed by atoms with van der Waals surface area (Å²) in [6, 6.07) is 5.77. The van der Waals surface area contributed by atoms with Gasteiger partial charge in [0.25, 0.3) is 0 Å². The number of benzene rings is 1. The summed E-state index contributed by atoms with van der Waals surface area (Å²) in [4.78, 5) is 11.4. The summed E-state index contributed by atoms with van der Waals surface area (Å²) in [6.45, 7) is 4.53. The minimum atomic E-state index is -0.205. The van der Waals surface area contributed by atoms with Gasteiger partial charge in [0.1, 0.15) is 5.75 Å². The third-order valence-electron chi connectivity index (χ3n) is 2.28. The largest absolute Gasteiger partial charge is 0.426 e. The fourth-order valence-electron chi connectivity index (χ4n) is 1.45. The number of hydrogen-bond donors (Lipinski definition) is 0. The Hall–Kier alpha value is -1.35. The maximum Gasteiger partial charge on any atom is 0.311 e. The highest BCUT2D eigenvalue weighted by Crippen LogP contribution is 2.19. The molecule has 0 aromatic heterocycles. The molecule has 1 aromatic carbocycles. The van der Waals surface area contributed by atoms with E-state index in [-0.39, 0.29) is 5.97 Å². The third-order valence-corrected chi connectivity index (χ3v) is 2.28. The van der Waals surface area contributed by atoms with Crippen molar-refractivity contribution in [2.24, 2.45) is 0 Å². The first-order valence-electron chi connectivity index (χ1n) is 5.40. The first-order valence-corrected chi connectivity index (χ1v) is 5.40. The molecule has 3 nitrogen and oxygen atoms in total. The molecule has 0 aliphatic heterocycles. The molecule has 0 aliphatic rings. The second-order valence-electron chi connectivity index (χ2n) is 3.84. The first-order chi connectivity index (χ1) is 7.63. The summed E-state index contributed by atoms with van der Waals surface area (Å²) in [5.41, 5.74) is 2.15. The number of rotatable bonds is 5. The Morgan fingerprint density at radius 3 is 2.69 bits per heavy atom. The number of esters is 1. The maximum absolute atomic E-state index is 11.4. The van der Waals surface area contributed by atoms with Crippen molar-refractivity contribution in [2.45, 2.75) is 26.7 Å². The van der Waals surface area contributed by atoms with Crippen molar-refractivity contribution in [3.8, 4) is 5.75 Å². The SMILES string of the molecule is COCCCC(=O)Oc1ccc(C)cc1C. The van der Waals surface area contributed by atoms with Gasteiger partial charge in [-0.15, -0.1) is 0 Å². The summed E-state index contributed by atoms with van der Waals surface area (Å²) >= 11 is 0. The smallest absolute Gasteiger partial charge is 0.311 e. The molecule has 0 N–H and O–H groups in total. The normalized spacial score (nSPS) is 10.2. The average molecular weight is 222 g/mol. The van der Waals surface area contributed by atoms with Gasteiger partial charge in [-0.25, -0.2) is 0 Å². The molecule has 16 heavy (non-hydrogen) atoms. The molecule has 0 amide bonds. The molecule has 0 bridgehead atoms. The van der Waals surface area contributed by atoms with Crippen LogP contribution in [0.4, 0.5) is 0 Å². The van der Waals surface area contributed by atoms with Gasteiger partial charge in [-0.1, -0.05) is 17.7 Å². The van der Waals surface area contributed by atoms with E-state index in [2.05, 4.69) is 0 Å². The van der Waals surface area contributed by atoms with Crippen LogP contribution < -0.4 is 4.74 Å². The van der Waals surface area contributed by atoms with E-state index in [1.165, 1.54) is 0 Å². The van der Waals surface area contributed by atoms with Crippen molar-refractivity contribution in [1.82, 2.24) is 0 Å². The van der Waals surface area contributed by atoms with Crippen molar-refractivity contribution >= 4 is 5.97 Å². The predicted octanol–water partition coefficient (Wildman–Crippen LogP) is 2.64. The Kier molecular flexibility index (Phi) is 4.99. The number of aryl methyl sites for hydroxylation is 2. The zero-order valence-corrected chi connectivity index (χ0v) is 10.1. The van der Waals surface area contributed by atoms with Gasteiger partial charge in [-0.3, -0.25) is 4.79 Å². The summed E-state index contributed by atoms with van der Waals surface area (Å²) in [5, 5.41) is 0. The topological polar surface area (TPSA) is 35.5 Å². The van der Waals surface area contributed by atoms with Crippen LogP contribution in [0.2, 0.25) is 0 Å². The van der Waals surface area contributed by atoms with E-state index in [1.54, 1.807) is 7.11 Å². The van der Waals surface area contributed by atoms with Gasteiger partial charge in [0, 0.05) is 20.1 Å². The third kappa shape index (κ3) is 4.03. The van der Waals surface area contributed by atoms with E-state index in [4.69, 9.17) is 9.47 Å². The average Bonchev–Trinajstić information content (AvgIpc) is 2.23. The molecule has 0 saturated carbocycles. The molecule has 0 heterocycles. The highest BCUT2D eigenvalue weighted by molar-refractivity contribution is 5.72. The first kappa shape index (κ1) is 12.7. The minimum absolute atomic E-state index is 0.205. The van der Waals surface area contributed by atoms with Crippen LogP contribution in [-0.2, 0) is 9.53 Å². The Morgan fingerprint density at radius 2 is 2.06 bits per heavy atom. The summed E-state index contributed by atoms with van der Waals surface area (Å²) in [7, 11) is 1.62. The summed E-state index contributed by atoms with van der Waals surface area (Å²) in [5.74, 6) is 0.442. The van der Waals surface area contributed by atoms with Gasteiger partial charge >= 0.3 is 5.97 Å². The number of ether oxygens (including phenoxy) is 2. The van der Waals surface area contributed by atoms with Crippen LogP contribution in [0.3, 0.4) is 0 Å². The van der Waals surface area contributed by atoms with E-state index >= 15 is 0 Å². The zero-order chi connectivity index (χ0) is 12.0. The fourth-order valence-corrected chi connectivity index (χ4v) is 1.45. The molecule has 0 aliphatic carbocycles. The van der Waals surface area contributed by atoms with Crippen molar-refractivity contribution in [3.63, 3.8) is 0 Å². The number of methoxy groups -OCH3 is 1. The summed E-state index contributed by atoms with van der Waals surface area (Å²) in [6.07, 6.45) is 1.08. The van der Waals surface area contributed by atoms with Gasteiger partial charge in [-0.2, -0.15) is 0 Å². The molecule has 0 unspecified atom stereocenters. The molecule has 1 rings (SSSR count). The number of hydrogen-bond acceptors (Lipinski definition) is 3. The molecular formula is C13H18O3. The van der Waals surface area contributed by atoms with Crippen molar-refractivity contribution in [2.75, 3.05) is 13.7 Å². The van der Waals surface area contributed by atoms with Crippen molar-refractivity contribution in [1.29, 1.82) is 0 Å². The van der Waals surface area contributed by atoms with Crippen LogP contribution in [0.25, 0.3) is 0 Å². The Labute approximate surface area is 96.4 Å². The van der Waals surface area contributed by atoms with Gasteiger partial charge in [-0.05, 0) is 31.9 Å². The lowest BCUT2D eigenvalue weighted by Crippen LogP contribution is -2.09. The lowest BCUT2D eigenvalue weighted by atomic mass is 10.1. The Morgan fingerprint density at radius 1 is 1.31 bits per heavy atom. The van der Waals surface area contributed by atoms with E-state index < -0.39 is 0 Å². The molecule has 1 aromatic rings. The van der Waals surface area contributed by atoms with Crippen molar-refractivity contribution < 1.29 is 14.3 Å². The quantitative estimate of drug-likeness (QED) is 0.436. The summed E-state index contributed by atoms with van der Waals surface area (Å²) < 4.78 is 10.1. The second-order valence-corrected chi connectivity index (χ2v) is 3.84. The standard InChI is InChI=1S/C13H18O3/c1-10-6-7-12(11(2)9-10)16-13(14)5-4-8-15-3/h6-7,9H,4-5,8H2,1-3H3. The van der Waals surface area contributed by atoms with Crippen LogP contribution in [-0.4, -0.2) is 19.7 Å². The molecule has 0 saturated heterocycles. The van der Waals surface area contributed by atoms with Crippen molar-refractivity contribution in [3.05, 3.63) is 29.3 Å². The molecule has 0 radical (unpaired) electrons. The highest BCUT2D eigenvalue weighted by atomic mass is 16.5. The Bertz CT molecular complexity index is 358. The van der Waals surface area contributed by atoms with Crippen LogP contribution in [0.1, 0.15) is 24.0 Å². The highest BCUT2D eigenvalue weighted by Gasteiger charge is 2.06. The molecule has 0 atom stereocenters. The van der Waals surface area contributed by atoms with Crippen LogP contribution in [0.15, 0.2) is 18.2 Å². The predicted molar refractivity (Wildman–Crippen MR) is 62.7 cm³/mol. The second kappa shape index (κ2) is 6.28. The molecule has 0 spiro atoms. The van der Waals surface area contributed by atoms with E-state index in [0.29, 0.717) is 25.2 Å². The molecule has 88 valence electrons. The Balaban J connectivity index is 2.49. The monoisotopic (exact) mass is 222 g/mol. The van der Waals surface area contributed by atoms with Crippen LogP contribution in [0, 0.1) is 13.8 Å². The maximum atomic E-state index is 11.4. The lowest BCUT2D eigenvalue weighted by molar-refractivity contribution is -0.134. The van der Waals surface area contributed by atoms with Gasteiger partial charge in [0.2, 0.25) is 0 Å². The van der Waals surface area contributed by atoms with Crippen LogP contribution in [0.5, 0.6) is 5.75 Å². The molecular weight excluding hydrogens is 204 g/mol. The van der Waals surface area contributed by atoms with E-state index in [0.717, 1.165) is 11.1 Å². The van der Waals surface area contributed by atoms with Crippen LogP contribution >= 0.6 is 0 Å². The number of carbonyl (C=O) groups excluding carboxylic acids is 1. The molecule has 3 heteroatoms. The lowest BCUT2D eigenvalue weighted by Gasteiger charge is -2.07. The van der Waals surface area contributed by atoms with Gasteiger partial charge in [0.05, 0.1) is 0 Å². The van der Waals surface area contributed by atoms with E-state index in [1.807, 2.05) is 32.0 Å². The minimum Gasteiger partial charge on any atom is -0.426 e. The fraction of sp³-hybridized carbons (Fsp3) is 0.462. The zero-order valence-electron chi connectivity index (χ0n) is 10.1. The molecule has 0 fully saturated rings.